The van der Waals surface area contributed by atoms with Gasteiger partial charge in [-0.2, -0.15) is 0 Å². The van der Waals surface area contributed by atoms with Crippen molar-refractivity contribution < 1.29 is 14.5 Å². The summed E-state index contributed by atoms with van der Waals surface area (Å²) >= 11 is 6.07. The third kappa shape index (κ3) is 5.14. The highest BCUT2D eigenvalue weighted by Gasteiger charge is 2.29. The maximum Gasteiger partial charge on any atom is 0.410 e. The minimum Gasteiger partial charge on any atom is -0.444 e. The molecule has 1 saturated heterocycles. The fourth-order valence-corrected chi connectivity index (χ4v) is 3.29. The number of carbonyl (C=O) groups is 1. The molecule has 0 atom stereocenters. The monoisotopic (exact) mass is 418 g/mol. The molecule has 1 aliphatic heterocycles. The van der Waals surface area contributed by atoms with Crippen molar-refractivity contribution in [1.82, 2.24) is 9.88 Å². The van der Waals surface area contributed by atoms with Crippen LogP contribution >= 0.6 is 11.6 Å². The molecule has 0 N–H and O–H groups in total. The topological polar surface area (TPSA) is 88.8 Å². The second-order valence-electron chi connectivity index (χ2n) is 7.79. The lowest BCUT2D eigenvalue weighted by atomic mass is 10.1. The van der Waals surface area contributed by atoms with Crippen molar-refractivity contribution in [3.05, 3.63) is 51.7 Å². The normalized spacial score (nSPS) is 14.6. The number of carbonyl (C=O) groups excluding carboxylic acids is 1. The minimum atomic E-state index is -0.567. The first kappa shape index (κ1) is 20.9. The van der Waals surface area contributed by atoms with E-state index in [-0.39, 0.29) is 11.9 Å². The van der Waals surface area contributed by atoms with Gasteiger partial charge in [-0.15, -0.1) is 0 Å². The van der Waals surface area contributed by atoms with E-state index in [4.69, 9.17) is 16.3 Å². The molecule has 1 aromatic carbocycles. The summed E-state index contributed by atoms with van der Waals surface area (Å²) in [6.07, 6.45) is 1.10. The first-order valence-corrected chi connectivity index (χ1v) is 9.65. The number of rotatable bonds is 3. The lowest BCUT2D eigenvalue weighted by Crippen LogP contribution is -2.50. The van der Waals surface area contributed by atoms with Gasteiger partial charge in [0.25, 0.3) is 0 Å². The number of nitro groups is 1. The quantitative estimate of drug-likeness (QED) is 0.543. The van der Waals surface area contributed by atoms with Crippen LogP contribution in [0.4, 0.5) is 16.3 Å². The van der Waals surface area contributed by atoms with Crippen molar-refractivity contribution in [2.24, 2.45) is 0 Å². The van der Waals surface area contributed by atoms with Gasteiger partial charge in [0, 0.05) is 36.8 Å². The number of pyridine rings is 1. The molecule has 1 amide bonds. The summed E-state index contributed by atoms with van der Waals surface area (Å²) in [5.74, 6) is -0.207. The SMILES string of the molecule is CC(C)(C)OC(=O)N1CCN(c2cc(-c3cccc(Cl)c3)cnc2[N+](=O)[O-])CC1. The van der Waals surface area contributed by atoms with Gasteiger partial charge in [-0.1, -0.05) is 23.7 Å². The molecule has 0 radical (unpaired) electrons. The third-order valence-electron chi connectivity index (χ3n) is 4.45. The number of ether oxygens (including phenoxy) is 1. The Morgan fingerprint density at radius 3 is 2.45 bits per heavy atom. The van der Waals surface area contributed by atoms with Crippen LogP contribution in [-0.2, 0) is 4.74 Å². The van der Waals surface area contributed by atoms with Gasteiger partial charge in [0.15, 0.2) is 0 Å². The number of hydrogen-bond donors (Lipinski definition) is 0. The molecule has 0 spiro atoms. The van der Waals surface area contributed by atoms with Gasteiger partial charge < -0.3 is 24.7 Å². The van der Waals surface area contributed by atoms with Gasteiger partial charge in [-0.25, -0.2) is 4.79 Å². The van der Waals surface area contributed by atoms with Crippen LogP contribution in [0.3, 0.4) is 0 Å². The number of piperazine rings is 1. The van der Waals surface area contributed by atoms with E-state index in [0.717, 1.165) is 11.1 Å². The smallest absolute Gasteiger partial charge is 0.410 e. The third-order valence-corrected chi connectivity index (χ3v) is 4.69. The molecule has 0 bridgehead atoms. The molecule has 1 aromatic heterocycles. The summed E-state index contributed by atoms with van der Waals surface area (Å²) in [4.78, 5) is 30.8. The summed E-state index contributed by atoms with van der Waals surface area (Å²) in [6, 6.07) is 8.99. The molecule has 0 unspecified atom stereocenters. The van der Waals surface area contributed by atoms with E-state index in [1.807, 2.05) is 37.8 Å². The molecule has 1 fully saturated rings. The molecule has 2 heterocycles. The number of aromatic nitrogens is 1. The molecule has 1 aliphatic rings. The van der Waals surface area contributed by atoms with Gasteiger partial charge >= 0.3 is 11.9 Å². The molecule has 0 saturated carbocycles. The van der Waals surface area contributed by atoms with Crippen LogP contribution in [0.5, 0.6) is 0 Å². The van der Waals surface area contributed by atoms with Gasteiger partial charge in [-0.05, 0) is 54.4 Å². The number of anilines is 1. The van der Waals surface area contributed by atoms with Crippen molar-refractivity contribution in [1.29, 1.82) is 0 Å². The van der Waals surface area contributed by atoms with Crippen molar-refractivity contribution in [3.63, 3.8) is 0 Å². The van der Waals surface area contributed by atoms with E-state index in [2.05, 4.69) is 4.98 Å². The van der Waals surface area contributed by atoms with Crippen LogP contribution in [0.15, 0.2) is 36.5 Å². The lowest BCUT2D eigenvalue weighted by Gasteiger charge is -2.36. The number of halogens is 1. The Bertz CT molecular complexity index is 921. The second kappa shape index (κ2) is 8.24. The van der Waals surface area contributed by atoms with E-state index in [0.29, 0.717) is 36.9 Å². The zero-order chi connectivity index (χ0) is 21.2. The summed E-state index contributed by atoms with van der Waals surface area (Å²) in [6.45, 7) is 7.16. The first-order chi connectivity index (χ1) is 13.6. The van der Waals surface area contributed by atoms with Crippen molar-refractivity contribution in [2.45, 2.75) is 26.4 Å². The van der Waals surface area contributed by atoms with Crippen LogP contribution in [-0.4, -0.2) is 52.7 Å². The summed E-state index contributed by atoms with van der Waals surface area (Å²) < 4.78 is 5.40. The van der Waals surface area contributed by atoms with Gasteiger partial charge in [0.1, 0.15) is 17.5 Å². The Hall–Kier alpha value is -2.87. The maximum atomic E-state index is 12.3. The average molecular weight is 419 g/mol. The van der Waals surface area contributed by atoms with E-state index in [1.165, 1.54) is 6.20 Å². The zero-order valence-electron chi connectivity index (χ0n) is 16.6. The minimum absolute atomic E-state index is 0.207. The van der Waals surface area contributed by atoms with E-state index >= 15 is 0 Å². The standard InChI is InChI=1S/C20H23ClN4O4/c1-20(2,3)29-19(26)24-9-7-23(8-10-24)17-12-15(13-22-18(17)25(27)28)14-5-4-6-16(21)11-14/h4-6,11-13H,7-10H2,1-3H3. The van der Waals surface area contributed by atoms with E-state index in [9.17, 15) is 14.9 Å². The number of amides is 1. The lowest BCUT2D eigenvalue weighted by molar-refractivity contribution is -0.388. The molecule has 2 aromatic rings. The molecular formula is C20H23ClN4O4. The number of nitrogens with zero attached hydrogens (tertiary/aromatic N) is 4. The van der Waals surface area contributed by atoms with Crippen molar-refractivity contribution in [2.75, 3.05) is 31.1 Å². The Balaban J connectivity index is 1.82. The predicted molar refractivity (Wildman–Crippen MR) is 111 cm³/mol. The molecular weight excluding hydrogens is 396 g/mol. The first-order valence-electron chi connectivity index (χ1n) is 9.27. The predicted octanol–water partition coefficient (Wildman–Crippen LogP) is 4.37. The van der Waals surface area contributed by atoms with E-state index < -0.39 is 10.5 Å². The van der Waals surface area contributed by atoms with Crippen molar-refractivity contribution >= 4 is 29.2 Å². The molecule has 9 heteroatoms. The average Bonchev–Trinajstić information content (AvgIpc) is 2.66. The van der Waals surface area contributed by atoms with Gasteiger partial charge in [0.05, 0.1) is 0 Å². The zero-order valence-corrected chi connectivity index (χ0v) is 17.3. The molecule has 8 nitrogen and oxygen atoms in total. The largest absolute Gasteiger partial charge is 0.444 e. The highest BCUT2D eigenvalue weighted by Crippen LogP contribution is 2.32. The Morgan fingerprint density at radius 1 is 1.17 bits per heavy atom. The molecule has 29 heavy (non-hydrogen) atoms. The maximum absolute atomic E-state index is 12.3. The van der Waals surface area contributed by atoms with Crippen LogP contribution in [0.1, 0.15) is 20.8 Å². The van der Waals surface area contributed by atoms with Crippen LogP contribution in [0.2, 0.25) is 5.02 Å². The summed E-state index contributed by atoms with van der Waals surface area (Å²) in [7, 11) is 0. The molecule has 154 valence electrons. The van der Waals surface area contributed by atoms with Gasteiger partial charge in [-0.3, -0.25) is 0 Å². The van der Waals surface area contributed by atoms with E-state index in [1.54, 1.807) is 23.1 Å². The molecule has 0 aliphatic carbocycles. The highest BCUT2D eigenvalue weighted by atomic mass is 35.5. The Morgan fingerprint density at radius 2 is 1.86 bits per heavy atom. The summed E-state index contributed by atoms with van der Waals surface area (Å²) in [5, 5.41) is 12.1. The van der Waals surface area contributed by atoms with Crippen LogP contribution < -0.4 is 4.90 Å². The Labute approximate surface area is 174 Å². The molecule has 3 rings (SSSR count). The fourth-order valence-electron chi connectivity index (χ4n) is 3.10. The van der Waals surface area contributed by atoms with Crippen molar-refractivity contribution in [3.8, 4) is 11.1 Å². The highest BCUT2D eigenvalue weighted by molar-refractivity contribution is 6.30. The second-order valence-corrected chi connectivity index (χ2v) is 8.23. The van der Waals surface area contributed by atoms with Crippen LogP contribution in [0, 0.1) is 10.1 Å². The van der Waals surface area contributed by atoms with Crippen LogP contribution in [0.25, 0.3) is 11.1 Å². The summed E-state index contributed by atoms with van der Waals surface area (Å²) in [5.41, 5.74) is 1.43. The Kier molecular flexibility index (Phi) is 5.93. The number of benzene rings is 1. The fraction of sp³-hybridized carbons (Fsp3) is 0.400. The number of hydrogen-bond acceptors (Lipinski definition) is 6. The van der Waals surface area contributed by atoms with Gasteiger partial charge in [0.2, 0.25) is 0 Å².